The molecule has 0 atom stereocenters. The molecule has 1 aromatic heterocycles. The number of amides is 1. The van der Waals surface area contributed by atoms with Gasteiger partial charge in [-0.3, -0.25) is 10.0 Å². The molecule has 1 aliphatic heterocycles. The maximum Gasteiger partial charge on any atom is 0.265 e. The lowest BCUT2D eigenvalue weighted by molar-refractivity contribution is -0.134. The number of nitrogens with zero attached hydrogens (tertiary/aromatic N) is 2. The number of hydroxylamine groups is 1. The van der Waals surface area contributed by atoms with E-state index in [0.717, 1.165) is 12.3 Å². The van der Waals surface area contributed by atoms with Crippen molar-refractivity contribution in [2.75, 3.05) is 19.8 Å². The molecule has 2 aromatic rings. The van der Waals surface area contributed by atoms with Crippen LogP contribution in [0.25, 0.3) is 11.3 Å². The molecule has 2 aliphatic rings. The van der Waals surface area contributed by atoms with Crippen LogP contribution in [0.15, 0.2) is 41.6 Å². The van der Waals surface area contributed by atoms with Crippen LogP contribution < -0.4 is 10.2 Å². The molecule has 1 saturated heterocycles. The van der Waals surface area contributed by atoms with Crippen LogP contribution in [-0.4, -0.2) is 54.1 Å². The first-order chi connectivity index (χ1) is 15.0. The molecule has 0 spiro atoms. The van der Waals surface area contributed by atoms with Crippen LogP contribution in [0.4, 0.5) is 0 Å². The van der Waals surface area contributed by atoms with Gasteiger partial charge in [0.2, 0.25) is 5.88 Å². The van der Waals surface area contributed by atoms with Crippen molar-refractivity contribution in [1.29, 1.82) is 0 Å². The van der Waals surface area contributed by atoms with Crippen molar-refractivity contribution in [3.8, 4) is 17.1 Å². The van der Waals surface area contributed by atoms with Gasteiger partial charge in [-0.25, -0.2) is 23.9 Å². The van der Waals surface area contributed by atoms with Gasteiger partial charge in [0.25, 0.3) is 5.91 Å². The maximum absolute atomic E-state index is 13.3. The average molecular weight is 448 g/mol. The summed E-state index contributed by atoms with van der Waals surface area (Å²) >= 11 is 0. The van der Waals surface area contributed by atoms with Gasteiger partial charge in [-0.15, -0.1) is 0 Å². The topological polar surface area (TPSA) is 128 Å². The Balaban J connectivity index is 1.50. The second kappa shape index (κ2) is 8.89. The van der Waals surface area contributed by atoms with Crippen LogP contribution in [0.1, 0.15) is 32.1 Å². The number of nitrogens with one attached hydrogen (secondary N) is 1. The van der Waals surface area contributed by atoms with E-state index in [1.165, 1.54) is 30.5 Å². The summed E-state index contributed by atoms with van der Waals surface area (Å²) in [5.41, 5.74) is 2.77. The van der Waals surface area contributed by atoms with Crippen molar-refractivity contribution in [3.05, 3.63) is 36.7 Å². The molecule has 2 fully saturated rings. The second-order valence-electron chi connectivity index (χ2n) is 7.90. The maximum atomic E-state index is 13.3. The summed E-state index contributed by atoms with van der Waals surface area (Å²) < 4.78 is 35.6. The number of ether oxygens (including phenoxy) is 2. The number of benzene rings is 1. The molecule has 4 rings (SSSR count). The Hall–Kier alpha value is -2.56. The Morgan fingerprint density at radius 2 is 1.87 bits per heavy atom. The minimum atomic E-state index is -4.06. The van der Waals surface area contributed by atoms with Crippen molar-refractivity contribution in [2.45, 2.75) is 41.7 Å². The quantitative estimate of drug-likeness (QED) is 0.465. The van der Waals surface area contributed by atoms with Crippen LogP contribution in [0.5, 0.6) is 5.88 Å². The molecular weight excluding hydrogens is 422 g/mol. The Morgan fingerprint density at radius 3 is 2.45 bits per heavy atom. The highest BCUT2D eigenvalue weighted by atomic mass is 32.2. The Morgan fingerprint density at radius 1 is 1.16 bits per heavy atom. The zero-order chi connectivity index (χ0) is 21.9. The molecule has 2 heterocycles. The van der Waals surface area contributed by atoms with E-state index >= 15 is 0 Å². The summed E-state index contributed by atoms with van der Waals surface area (Å²) in [5, 5.41) is 9.13. The van der Waals surface area contributed by atoms with Crippen LogP contribution >= 0.6 is 0 Å². The van der Waals surface area contributed by atoms with Crippen molar-refractivity contribution in [1.82, 2.24) is 15.4 Å². The second-order valence-corrected chi connectivity index (χ2v) is 10.2. The zero-order valence-corrected chi connectivity index (χ0v) is 17.8. The third-order valence-electron chi connectivity index (χ3n) is 5.89. The molecular formula is C21H25N3O6S. The molecule has 0 bridgehead atoms. The summed E-state index contributed by atoms with van der Waals surface area (Å²) in [6, 6.07) is 6.12. The molecule has 0 radical (unpaired) electrons. The molecule has 1 saturated carbocycles. The smallest absolute Gasteiger partial charge is 0.265 e. The van der Waals surface area contributed by atoms with Gasteiger partial charge < -0.3 is 9.47 Å². The van der Waals surface area contributed by atoms with Gasteiger partial charge >= 0.3 is 0 Å². The van der Waals surface area contributed by atoms with Gasteiger partial charge in [0.1, 0.15) is 0 Å². The first kappa shape index (κ1) is 21.7. The lowest BCUT2D eigenvalue weighted by Gasteiger charge is -2.34. The highest BCUT2D eigenvalue weighted by Crippen LogP contribution is 2.36. The van der Waals surface area contributed by atoms with Crippen LogP contribution in [0.3, 0.4) is 0 Å². The van der Waals surface area contributed by atoms with E-state index in [0.29, 0.717) is 23.7 Å². The van der Waals surface area contributed by atoms with Crippen LogP contribution in [0.2, 0.25) is 0 Å². The van der Waals surface area contributed by atoms with Gasteiger partial charge in [0.05, 0.1) is 29.6 Å². The Labute approximate surface area is 180 Å². The van der Waals surface area contributed by atoms with Gasteiger partial charge in [0.15, 0.2) is 14.6 Å². The zero-order valence-electron chi connectivity index (χ0n) is 17.0. The fourth-order valence-corrected chi connectivity index (χ4v) is 5.67. The van der Waals surface area contributed by atoms with E-state index in [9.17, 15) is 13.2 Å². The number of hydrogen-bond acceptors (Lipinski definition) is 8. The summed E-state index contributed by atoms with van der Waals surface area (Å²) in [6.45, 7) is 0.865. The highest BCUT2D eigenvalue weighted by Gasteiger charge is 2.52. The summed E-state index contributed by atoms with van der Waals surface area (Å²) in [7, 11) is -4.06. The van der Waals surface area contributed by atoms with Crippen molar-refractivity contribution < 1.29 is 27.9 Å². The van der Waals surface area contributed by atoms with E-state index in [2.05, 4.69) is 9.97 Å². The van der Waals surface area contributed by atoms with E-state index in [4.69, 9.17) is 14.7 Å². The van der Waals surface area contributed by atoms with Gasteiger partial charge in [0, 0.05) is 18.8 Å². The van der Waals surface area contributed by atoms with Crippen molar-refractivity contribution in [2.24, 2.45) is 5.92 Å². The fraction of sp³-hybridized carbons (Fsp3) is 0.476. The largest absolute Gasteiger partial charge is 0.477 e. The number of hydrogen-bond donors (Lipinski definition) is 2. The lowest BCUT2D eigenvalue weighted by atomic mass is 9.98. The molecule has 1 amide bonds. The van der Waals surface area contributed by atoms with Gasteiger partial charge in [-0.2, -0.15) is 0 Å². The first-order valence-electron chi connectivity index (χ1n) is 10.3. The average Bonchev–Trinajstić information content (AvgIpc) is 3.64. The molecule has 0 unspecified atom stereocenters. The number of carbonyl (C=O) groups excluding carboxylic acids is 1. The normalized spacial score (nSPS) is 18.4. The molecule has 1 aliphatic carbocycles. The van der Waals surface area contributed by atoms with Crippen LogP contribution in [-0.2, 0) is 19.4 Å². The molecule has 10 heteroatoms. The third kappa shape index (κ3) is 4.41. The SMILES string of the molecule is O=C(NO)C1(S(=O)(=O)c2ccc(-c3cnc(OCCC4CC4)cn3)cc2)CCOCC1. The molecule has 166 valence electrons. The van der Waals surface area contributed by atoms with Gasteiger partial charge in [-0.1, -0.05) is 25.0 Å². The summed E-state index contributed by atoms with van der Waals surface area (Å²) in [6.07, 6.45) is 6.65. The number of rotatable bonds is 8. The molecule has 2 N–H and O–H groups in total. The van der Waals surface area contributed by atoms with Crippen molar-refractivity contribution >= 4 is 15.7 Å². The van der Waals surface area contributed by atoms with E-state index in [1.54, 1.807) is 24.5 Å². The summed E-state index contributed by atoms with van der Waals surface area (Å²) in [5.74, 6) is 0.300. The minimum Gasteiger partial charge on any atom is -0.477 e. The Bertz CT molecular complexity index is 1010. The standard InChI is InChI=1S/C21H25N3O6S/c25-20(24-26)21(8-11-29-12-9-21)31(27,28)17-5-3-16(4-6-17)18-13-23-19(14-22-18)30-10-7-15-1-2-15/h3-6,13-15,26H,1-2,7-12H2,(H,24,25). The van der Waals surface area contributed by atoms with Gasteiger partial charge in [-0.05, 0) is 37.3 Å². The number of sulfone groups is 1. The van der Waals surface area contributed by atoms with E-state index < -0.39 is 20.5 Å². The predicted octanol–water partition coefficient (Wildman–Crippen LogP) is 2.15. The predicted molar refractivity (Wildman–Crippen MR) is 110 cm³/mol. The van der Waals surface area contributed by atoms with Crippen molar-refractivity contribution in [3.63, 3.8) is 0 Å². The first-order valence-corrected chi connectivity index (χ1v) is 11.8. The highest BCUT2D eigenvalue weighted by molar-refractivity contribution is 7.93. The minimum absolute atomic E-state index is 0.00487. The molecule has 9 nitrogen and oxygen atoms in total. The summed E-state index contributed by atoms with van der Waals surface area (Å²) in [4.78, 5) is 20.9. The third-order valence-corrected chi connectivity index (χ3v) is 8.41. The molecule has 1 aromatic carbocycles. The lowest BCUT2D eigenvalue weighted by Crippen LogP contribution is -2.54. The van der Waals surface area contributed by atoms with E-state index in [-0.39, 0.29) is 31.0 Å². The molecule has 31 heavy (non-hydrogen) atoms. The monoisotopic (exact) mass is 447 g/mol. The van der Waals surface area contributed by atoms with Crippen LogP contribution in [0, 0.1) is 5.92 Å². The van der Waals surface area contributed by atoms with E-state index in [1.807, 2.05) is 0 Å². The fourth-order valence-electron chi connectivity index (χ4n) is 3.73. The number of carbonyl (C=O) groups is 1. The Kier molecular flexibility index (Phi) is 6.22. The number of aromatic nitrogens is 2.